The second kappa shape index (κ2) is 5.15. The van der Waals surface area contributed by atoms with Crippen LogP contribution in [0, 0.1) is 5.92 Å². The zero-order chi connectivity index (χ0) is 11.5. The summed E-state index contributed by atoms with van der Waals surface area (Å²) in [4.78, 5) is 12.0. The van der Waals surface area contributed by atoms with E-state index in [1.807, 2.05) is 6.92 Å². The van der Waals surface area contributed by atoms with Gasteiger partial charge in [0.05, 0.1) is 24.2 Å². The van der Waals surface area contributed by atoms with Crippen molar-refractivity contribution in [3.05, 3.63) is 0 Å². The summed E-state index contributed by atoms with van der Waals surface area (Å²) in [6.07, 6.45) is 4.32. The first-order valence-corrected chi connectivity index (χ1v) is 6.28. The maximum absolute atomic E-state index is 12.0. The Morgan fingerprint density at radius 3 is 2.69 bits per heavy atom. The zero-order valence-corrected chi connectivity index (χ0v) is 9.82. The maximum Gasteiger partial charge on any atom is 0.226 e. The maximum atomic E-state index is 12.0. The van der Waals surface area contributed by atoms with Crippen molar-refractivity contribution in [3.63, 3.8) is 0 Å². The molecule has 0 aromatic carbocycles. The van der Waals surface area contributed by atoms with Crippen molar-refractivity contribution in [1.82, 2.24) is 5.32 Å². The fourth-order valence-electron chi connectivity index (χ4n) is 2.65. The first-order valence-electron chi connectivity index (χ1n) is 6.28. The summed E-state index contributed by atoms with van der Waals surface area (Å²) >= 11 is 0. The highest BCUT2D eigenvalue weighted by Crippen LogP contribution is 2.23. The largest absolute Gasteiger partial charge is 0.391 e. The lowest BCUT2D eigenvalue weighted by Crippen LogP contribution is -2.48. The van der Waals surface area contributed by atoms with E-state index >= 15 is 0 Å². The van der Waals surface area contributed by atoms with Gasteiger partial charge < -0.3 is 15.2 Å². The van der Waals surface area contributed by atoms with E-state index in [2.05, 4.69) is 5.32 Å². The molecule has 2 fully saturated rings. The lowest BCUT2D eigenvalue weighted by molar-refractivity contribution is -0.128. The Bertz CT molecular complexity index is 257. The molecule has 92 valence electrons. The summed E-state index contributed by atoms with van der Waals surface area (Å²) in [6.45, 7) is 2.61. The van der Waals surface area contributed by atoms with E-state index < -0.39 is 0 Å². The second-order valence-corrected chi connectivity index (χ2v) is 4.94. The molecule has 1 aliphatic heterocycles. The van der Waals surface area contributed by atoms with Crippen molar-refractivity contribution in [2.45, 2.75) is 57.3 Å². The smallest absolute Gasteiger partial charge is 0.226 e. The molecule has 0 radical (unpaired) electrons. The third-order valence-corrected chi connectivity index (χ3v) is 3.77. The van der Waals surface area contributed by atoms with Crippen molar-refractivity contribution in [2.75, 3.05) is 6.61 Å². The lowest BCUT2D eigenvalue weighted by atomic mass is 9.91. The molecule has 2 aliphatic rings. The number of ether oxygens (including phenoxy) is 1. The van der Waals surface area contributed by atoms with E-state index in [1.165, 1.54) is 0 Å². The number of nitrogens with one attached hydrogen (secondary N) is 1. The van der Waals surface area contributed by atoms with E-state index in [0.717, 1.165) is 32.1 Å². The van der Waals surface area contributed by atoms with E-state index in [1.54, 1.807) is 0 Å². The number of aliphatic hydroxyl groups excluding tert-OH is 1. The van der Waals surface area contributed by atoms with Gasteiger partial charge in [-0.25, -0.2) is 0 Å². The molecule has 1 heterocycles. The third kappa shape index (κ3) is 2.55. The minimum atomic E-state index is -0.365. The Hall–Kier alpha value is -0.610. The predicted molar refractivity (Wildman–Crippen MR) is 59.9 cm³/mol. The van der Waals surface area contributed by atoms with Gasteiger partial charge in [-0.3, -0.25) is 4.79 Å². The molecule has 1 aliphatic carbocycles. The van der Waals surface area contributed by atoms with Crippen LogP contribution in [0.1, 0.15) is 39.0 Å². The molecule has 2 N–H and O–H groups in total. The molecule has 1 amide bonds. The molecule has 0 aromatic heterocycles. The van der Waals surface area contributed by atoms with Crippen molar-refractivity contribution < 1.29 is 14.6 Å². The number of hydrogen-bond donors (Lipinski definition) is 2. The van der Waals surface area contributed by atoms with Crippen LogP contribution in [0.15, 0.2) is 0 Å². The molecule has 0 spiro atoms. The topological polar surface area (TPSA) is 58.6 Å². The van der Waals surface area contributed by atoms with Gasteiger partial charge in [0.1, 0.15) is 0 Å². The Balaban J connectivity index is 1.86. The highest BCUT2D eigenvalue weighted by Gasteiger charge is 2.33. The van der Waals surface area contributed by atoms with E-state index in [0.29, 0.717) is 6.61 Å². The van der Waals surface area contributed by atoms with Gasteiger partial charge in [-0.15, -0.1) is 0 Å². The van der Waals surface area contributed by atoms with Gasteiger partial charge in [0, 0.05) is 6.61 Å². The van der Waals surface area contributed by atoms with Gasteiger partial charge >= 0.3 is 0 Å². The van der Waals surface area contributed by atoms with Crippen LogP contribution < -0.4 is 5.32 Å². The highest BCUT2D eigenvalue weighted by molar-refractivity contribution is 5.79. The molecule has 1 saturated heterocycles. The van der Waals surface area contributed by atoms with Gasteiger partial charge in [0.2, 0.25) is 5.91 Å². The number of rotatable bonds is 2. The molecule has 16 heavy (non-hydrogen) atoms. The number of carbonyl (C=O) groups is 1. The average molecular weight is 227 g/mol. The number of amides is 1. The van der Waals surface area contributed by atoms with Gasteiger partial charge in [-0.05, 0) is 26.2 Å². The molecule has 1 saturated carbocycles. The van der Waals surface area contributed by atoms with Crippen LogP contribution in [0.25, 0.3) is 0 Å². The second-order valence-electron chi connectivity index (χ2n) is 4.94. The van der Waals surface area contributed by atoms with Crippen LogP contribution in [0.3, 0.4) is 0 Å². The number of carbonyl (C=O) groups excluding carboxylic acids is 1. The normalized spacial score (nSPS) is 39.6. The number of aliphatic hydroxyl groups is 1. The molecular formula is C12H21NO3. The van der Waals surface area contributed by atoms with Crippen molar-refractivity contribution in [1.29, 1.82) is 0 Å². The van der Waals surface area contributed by atoms with Crippen LogP contribution in [0.4, 0.5) is 0 Å². The van der Waals surface area contributed by atoms with Crippen LogP contribution in [-0.2, 0) is 9.53 Å². The SMILES string of the molecule is CC1OCCC1C(=O)N[C@H]1CCCC[C@@H]1O. The molecule has 4 heteroatoms. The Morgan fingerprint density at radius 2 is 2.06 bits per heavy atom. The fourth-order valence-corrected chi connectivity index (χ4v) is 2.65. The van der Waals surface area contributed by atoms with Gasteiger partial charge in [0.15, 0.2) is 0 Å². The highest BCUT2D eigenvalue weighted by atomic mass is 16.5. The van der Waals surface area contributed by atoms with Crippen molar-refractivity contribution in [2.24, 2.45) is 5.92 Å². The number of hydrogen-bond acceptors (Lipinski definition) is 3. The summed E-state index contributed by atoms with van der Waals surface area (Å²) in [6, 6.07) is -0.0472. The molecule has 2 unspecified atom stereocenters. The minimum absolute atomic E-state index is 0.0146. The first kappa shape index (κ1) is 11.9. The van der Waals surface area contributed by atoms with Crippen LogP contribution in [0.2, 0.25) is 0 Å². The van der Waals surface area contributed by atoms with Gasteiger partial charge in [0.25, 0.3) is 0 Å². The molecule has 0 aromatic rings. The van der Waals surface area contributed by atoms with Gasteiger partial charge in [-0.2, -0.15) is 0 Å². The van der Waals surface area contributed by atoms with E-state index in [-0.39, 0.29) is 30.1 Å². The molecule has 0 bridgehead atoms. The van der Waals surface area contributed by atoms with Crippen LogP contribution in [-0.4, -0.2) is 35.9 Å². The molecule has 4 atom stereocenters. The predicted octanol–water partition coefficient (Wildman–Crippen LogP) is 0.831. The summed E-state index contributed by atoms with van der Waals surface area (Å²) in [7, 11) is 0. The van der Waals surface area contributed by atoms with Crippen molar-refractivity contribution in [3.8, 4) is 0 Å². The van der Waals surface area contributed by atoms with E-state index in [4.69, 9.17) is 4.74 Å². The standard InChI is InChI=1S/C12H21NO3/c1-8-9(6-7-16-8)12(15)13-10-4-2-3-5-11(10)14/h8-11,14H,2-7H2,1H3,(H,13,15)/t8?,9?,10-,11-/m0/s1. The van der Waals surface area contributed by atoms with Crippen molar-refractivity contribution >= 4 is 5.91 Å². The quantitative estimate of drug-likeness (QED) is 0.734. The summed E-state index contributed by atoms with van der Waals surface area (Å²) < 4.78 is 5.38. The fraction of sp³-hybridized carbons (Fsp3) is 0.917. The minimum Gasteiger partial charge on any atom is -0.391 e. The summed E-state index contributed by atoms with van der Waals surface area (Å²) in [5.41, 5.74) is 0. The lowest BCUT2D eigenvalue weighted by Gasteiger charge is -2.29. The Labute approximate surface area is 96.4 Å². The van der Waals surface area contributed by atoms with E-state index in [9.17, 15) is 9.90 Å². The summed E-state index contributed by atoms with van der Waals surface area (Å²) in [5.74, 6) is 0.0186. The molecule has 2 rings (SSSR count). The Morgan fingerprint density at radius 1 is 1.31 bits per heavy atom. The monoisotopic (exact) mass is 227 g/mol. The average Bonchev–Trinajstić information content (AvgIpc) is 2.68. The van der Waals surface area contributed by atoms with Gasteiger partial charge in [-0.1, -0.05) is 12.8 Å². The molecular weight excluding hydrogens is 206 g/mol. The third-order valence-electron chi connectivity index (χ3n) is 3.77. The Kier molecular flexibility index (Phi) is 3.82. The molecule has 4 nitrogen and oxygen atoms in total. The zero-order valence-electron chi connectivity index (χ0n) is 9.82. The first-order chi connectivity index (χ1) is 7.68. The summed E-state index contributed by atoms with van der Waals surface area (Å²) in [5, 5.41) is 12.8. The van der Waals surface area contributed by atoms with Crippen LogP contribution in [0.5, 0.6) is 0 Å². The van der Waals surface area contributed by atoms with Crippen LogP contribution >= 0.6 is 0 Å².